The smallest absolute Gasteiger partial charge is 0.227 e. The molecule has 2 aromatic rings. The first-order valence-electron chi connectivity index (χ1n) is 8.49. The number of hydrogen-bond donors (Lipinski definition) is 3. The van der Waals surface area contributed by atoms with Gasteiger partial charge in [-0.05, 0) is 17.8 Å². The van der Waals surface area contributed by atoms with E-state index in [1.54, 1.807) is 24.3 Å². The van der Waals surface area contributed by atoms with Crippen LogP contribution in [0.2, 0.25) is 0 Å². The molecule has 0 unspecified atom stereocenters. The van der Waals surface area contributed by atoms with Gasteiger partial charge in [-0.15, -0.1) is 0 Å². The summed E-state index contributed by atoms with van der Waals surface area (Å²) < 4.78 is 0. The highest BCUT2D eigenvalue weighted by Gasteiger charge is 2.64. The minimum absolute atomic E-state index is 0.0686. The number of carbonyl (C=O) groups is 2. The minimum atomic E-state index is -1.93. The van der Waals surface area contributed by atoms with Gasteiger partial charge in [0.05, 0.1) is 0 Å². The lowest BCUT2D eigenvalue weighted by atomic mass is 9.85. The summed E-state index contributed by atoms with van der Waals surface area (Å²) in [5, 5.41) is 14.0. The highest BCUT2D eigenvalue weighted by Crippen LogP contribution is 2.42. The molecule has 138 valence electrons. The number of nitrogens with zero attached hydrogens (tertiary/aromatic N) is 2. The van der Waals surface area contributed by atoms with Gasteiger partial charge in [-0.2, -0.15) is 5.26 Å². The fourth-order valence-corrected chi connectivity index (χ4v) is 3.82. The van der Waals surface area contributed by atoms with Crippen LogP contribution in [0.4, 0.5) is 0 Å². The summed E-state index contributed by atoms with van der Waals surface area (Å²) in [6.45, 7) is 0.380. The summed E-state index contributed by atoms with van der Waals surface area (Å²) in [6.07, 6.45) is 0. The largest absolute Gasteiger partial charge is 0.383 e. The van der Waals surface area contributed by atoms with E-state index in [-0.39, 0.29) is 27.6 Å². The second-order valence-corrected chi connectivity index (χ2v) is 6.79. The third kappa shape index (κ3) is 2.30. The number of thiocarbonyl (C=S) groups is 1. The Labute approximate surface area is 166 Å². The number of hydrazine groups is 1. The summed E-state index contributed by atoms with van der Waals surface area (Å²) >= 11 is 5.45. The summed E-state index contributed by atoms with van der Waals surface area (Å²) in [5.74, 6) is -1.12. The Morgan fingerprint density at radius 3 is 2.25 bits per heavy atom. The lowest BCUT2D eigenvalue weighted by molar-refractivity contribution is 0.0685. The molecule has 0 saturated heterocycles. The van der Waals surface area contributed by atoms with Crippen molar-refractivity contribution >= 4 is 28.9 Å². The van der Waals surface area contributed by atoms with E-state index >= 15 is 0 Å². The Morgan fingerprint density at radius 2 is 1.68 bits per heavy atom. The zero-order chi connectivity index (χ0) is 19.9. The Hall–Kier alpha value is -3.70. The molecule has 0 radical (unpaired) electrons. The molecule has 0 aromatic heterocycles. The molecule has 2 aromatic carbocycles. The summed E-state index contributed by atoms with van der Waals surface area (Å²) in [4.78, 5) is 26.6. The van der Waals surface area contributed by atoms with E-state index in [2.05, 4.69) is 10.7 Å². The number of hydrogen-bond acceptors (Lipinski definition) is 6. The van der Waals surface area contributed by atoms with E-state index < -0.39 is 17.1 Å². The second kappa shape index (κ2) is 6.48. The maximum absolute atomic E-state index is 13.3. The topological polar surface area (TPSA) is 111 Å². The van der Waals surface area contributed by atoms with Crippen molar-refractivity contribution in [2.24, 2.45) is 5.73 Å². The first-order chi connectivity index (χ1) is 13.5. The van der Waals surface area contributed by atoms with Crippen molar-refractivity contribution in [2.45, 2.75) is 12.1 Å². The summed E-state index contributed by atoms with van der Waals surface area (Å²) in [6, 6.07) is 17.9. The van der Waals surface area contributed by atoms with Gasteiger partial charge in [-0.1, -0.05) is 54.6 Å². The number of ketones is 2. The molecular weight excluding hydrogens is 374 g/mol. The molecule has 4 N–H and O–H groups in total. The average Bonchev–Trinajstić information content (AvgIpc) is 3.15. The molecule has 8 heteroatoms. The van der Waals surface area contributed by atoms with Crippen molar-refractivity contribution in [1.82, 2.24) is 15.8 Å². The third-order valence-corrected chi connectivity index (χ3v) is 5.20. The number of nitrogens with two attached hydrogens (primary N) is 1. The average molecular weight is 389 g/mol. The number of fused-ring (bicyclic) bond motifs is 1. The van der Waals surface area contributed by atoms with Gasteiger partial charge < -0.3 is 11.1 Å². The minimum Gasteiger partial charge on any atom is -0.383 e. The molecule has 28 heavy (non-hydrogen) atoms. The molecule has 2 aliphatic rings. The van der Waals surface area contributed by atoms with Crippen molar-refractivity contribution in [1.29, 1.82) is 5.26 Å². The van der Waals surface area contributed by atoms with Crippen LogP contribution in [0.3, 0.4) is 0 Å². The molecule has 4 rings (SSSR count). The van der Waals surface area contributed by atoms with Gasteiger partial charge in [0.1, 0.15) is 17.5 Å². The fraction of sp³-hybridized carbons (Fsp3) is 0.100. The zero-order valence-corrected chi connectivity index (χ0v) is 15.4. The van der Waals surface area contributed by atoms with Crippen LogP contribution in [0.25, 0.3) is 0 Å². The normalized spacial score (nSPS) is 16.8. The second-order valence-electron chi connectivity index (χ2n) is 6.41. The Kier molecular flexibility index (Phi) is 4.09. The predicted octanol–water partition coefficient (Wildman–Crippen LogP) is 1.39. The molecule has 7 nitrogen and oxygen atoms in total. The number of benzene rings is 2. The maximum atomic E-state index is 13.3. The maximum Gasteiger partial charge on any atom is 0.227 e. The van der Waals surface area contributed by atoms with Gasteiger partial charge in [0.2, 0.25) is 17.1 Å². The van der Waals surface area contributed by atoms with Crippen LogP contribution >= 0.6 is 12.2 Å². The van der Waals surface area contributed by atoms with Gasteiger partial charge in [0.15, 0.2) is 5.11 Å². The van der Waals surface area contributed by atoms with E-state index in [0.29, 0.717) is 6.54 Å². The fourth-order valence-electron chi connectivity index (χ4n) is 3.57. The van der Waals surface area contributed by atoms with E-state index in [0.717, 1.165) is 5.56 Å². The SMILES string of the molecule is N#CC1=C(N)NN(C(=S)NCc2ccccc2)C12C(=O)c1ccccc1C2=O. The lowest BCUT2D eigenvalue weighted by Gasteiger charge is -2.33. The van der Waals surface area contributed by atoms with Crippen LogP contribution in [-0.4, -0.2) is 27.2 Å². The lowest BCUT2D eigenvalue weighted by Crippen LogP contribution is -2.62. The van der Waals surface area contributed by atoms with Crippen molar-refractivity contribution in [3.05, 3.63) is 82.7 Å². The van der Waals surface area contributed by atoms with E-state index in [1.807, 2.05) is 36.4 Å². The molecule has 0 saturated carbocycles. The number of nitriles is 1. The molecule has 0 atom stereocenters. The third-order valence-electron chi connectivity index (χ3n) is 4.87. The summed E-state index contributed by atoms with van der Waals surface area (Å²) in [7, 11) is 0. The Bertz CT molecular complexity index is 1050. The van der Waals surface area contributed by atoms with Crippen molar-refractivity contribution in [2.75, 3.05) is 0 Å². The standard InChI is InChI=1S/C20H15N5O2S/c21-10-15-18(22)24-25(19(28)23-11-12-6-2-1-3-7-12)20(15)16(26)13-8-4-5-9-14(13)17(20)27/h1-9,24H,11,22H2,(H,23,28). The van der Waals surface area contributed by atoms with Gasteiger partial charge in [-0.3, -0.25) is 15.0 Å². The molecule has 0 amide bonds. The molecule has 1 aliphatic heterocycles. The highest BCUT2D eigenvalue weighted by atomic mass is 32.1. The zero-order valence-electron chi connectivity index (χ0n) is 14.6. The van der Waals surface area contributed by atoms with Crippen molar-refractivity contribution < 1.29 is 9.59 Å². The van der Waals surface area contributed by atoms with Crippen LogP contribution in [-0.2, 0) is 6.54 Å². The monoisotopic (exact) mass is 389 g/mol. The molecule has 1 aliphatic carbocycles. The van der Waals surface area contributed by atoms with E-state index in [9.17, 15) is 14.9 Å². The molecular formula is C20H15N5O2S. The Balaban J connectivity index is 1.73. The van der Waals surface area contributed by atoms with Crippen LogP contribution in [0.15, 0.2) is 66.0 Å². The molecule has 1 spiro atoms. The van der Waals surface area contributed by atoms with Crippen LogP contribution < -0.4 is 16.5 Å². The van der Waals surface area contributed by atoms with Gasteiger partial charge in [0, 0.05) is 17.7 Å². The molecule has 0 fully saturated rings. The van der Waals surface area contributed by atoms with E-state index in [1.165, 1.54) is 5.01 Å². The predicted molar refractivity (Wildman–Crippen MR) is 106 cm³/mol. The summed E-state index contributed by atoms with van der Waals surface area (Å²) in [5.41, 5.74) is 8.07. The van der Waals surface area contributed by atoms with Crippen LogP contribution in [0.5, 0.6) is 0 Å². The van der Waals surface area contributed by atoms with Gasteiger partial charge in [-0.25, -0.2) is 5.01 Å². The van der Waals surface area contributed by atoms with Crippen LogP contribution in [0.1, 0.15) is 26.3 Å². The van der Waals surface area contributed by atoms with Gasteiger partial charge >= 0.3 is 0 Å². The number of nitrogens with one attached hydrogen (secondary N) is 2. The number of rotatable bonds is 2. The molecule has 1 heterocycles. The highest BCUT2D eigenvalue weighted by molar-refractivity contribution is 7.80. The number of carbonyl (C=O) groups excluding carboxylic acids is 2. The van der Waals surface area contributed by atoms with Crippen LogP contribution in [0, 0.1) is 11.3 Å². The van der Waals surface area contributed by atoms with Gasteiger partial charge in [0.25, 0.3) is 0 Å². The first-order valence-corrected chi connectivity index (χ1v) is 8.90. The molecule has 0 bridgehead atoms. The van der Waals surface area contributed by atoms with Crippen molar-refractivity contribution in [3.8, 4) is 6.07 Å². The quantitative estimate of drug-likeness (QED) is 0.522. The Morgan fingerprint density at radius 1 is 1.11 bits per heavy atom. The number of Topliss-reactive ketones (excluding diaryl/α,β-unsaturated/α-hetero) is 2. The van der Waals surface area contributed by atoms with Crippen molar-refractivity contribution in [3.63, 3.8) is 0 Å². The van der Waals surface area contributed by atoms with E-state index in [4.69, 9.17) is 18.0 Å². The first kappa shape index (κ1) is 17.7.